The lowest BCUT2D eigenvalue weighted by molar-refractivity contribution is -0.124. The van der Waals surface area contributed by atoms with Gasteiger partial charge in [-0.2, -0.15) is 0 Å². The number of hydrogen-bond donors (Lipinski definition) is 1. The summed E-state index contributed by atoms with van der Waals surface area (Å²) in [6.07, 6.45) is 5.72. The third-order valence-electron chi connectivity index (χ3n) is 3.38. The molecule has 0 bridgehead atoms. The highest BCUT2D eigenvalue weighted by atomic mass is 16.3. The molecule has 68 valence electrons. The summed E-state index contributed by atoms with van der Waals surface area (Å²) in [4.78, 5) is 11.4. The number of rotatable bonds is 0. The second kappa shape index (κ2) is 3.17. The van der Waals surface area contributed by atoms with Gasteiger partial charge >= 0.3 is 0 Å². The molecule has 2 nitrogen and oxygen atoms in total. The second-order valence-electron chi connectivity index (χ2n) is 4.14. The zero-order chi connectivity index (χ0) is 8.55. The molecule has 3 atom stereocenters. The Labute approximate surface area is 73.0 Å². The van der Waals surface area contributed by atoms with Gasteiger partial charge < -0.3 is 5.11 Å². The Morgan fingerprint density at radius 2 is 1.92 bits per heavy atom. The smallest absolute Gasteiger partial charge is 0.138 e. The van der Waals surface area contributed by atoms with E-state index in [1.165, 1.54) is 6.42 Å². The molecule has 1 N–H and O–H groups in total. The van der Waals surface area contributed by atoms with Crippen LogP contribution in [-0.4, -0.2) is 17.0 Å². The fourth-order valence-electron chi connectivity index (χ4n) is 2.73. The van der Waals surface area contributed by atoms with Crippen LogP contribution in [0, 0.1) is 11.8 Å². The molecule has 2 rings (SSSR count). The molecule has 0 unspecified atom stereocenters. The zero-order valence-electron chi connectivity index (χ0n) is 7.33. The van der Waals surface area contributed by atoms with E-state index >= 15 is 0 Å². The summed E-state index contributed by atoms with van der Waals surface area (Å²) in [6, 6.07) is 0. The monoisotopic (exact) mass is 168 g/mol. The van der Waals surface area contributed by atoms with Gasteiger partial charge in [-0.15, -0.1) is 0 Å². The molecule has 0 heterocycles. The van der Waals surface area contributed by atoms with Crippen molar-refractivity contribution in [2.45, 2.75) is 44.6 Å². The van der Waals surface area contributed by atoms with Crippen LogP contribution in [0.2, 0.25) is 0 Å². The Balaban J connectivity index is 2.14. The Bertz CT molecular complexity index is 188. The molecule has 0 aromatic heterocycles. The lowest BCUT2D eigenvalue weighted by Crippen LogP contribution is -2.27. The van der Waals surface area contributed by atoms with E-state index in [0.717, 1.165) is 25.7 Å². The molecule has 0 aliphatic heterocycles. The number of hydrogen-bond acceptors (Lipinski definition) is 2. The largest absolute Gasteiger partial charge is 0.392 e. The number of fused-ring (bicyclic) bond motifs is 1. The van der Waals surface area contributed by atoms with Gasteiger partial charge in [-0.25, -0.2) is 0 Å². The molecule has 2 aliphatic carbocycles. The third-order valence-corrected chi connectivity index (χ3v) is 3.38. The van der Waals surface area contributed by atoms with Crippen molar-refractivity contribution in [1.29, 1.82) is 0 Å². The van der Waals surface area contributed by atoms with Crippen LogP contribution in [0.15, 0.2) is 0 Å². The maximum absolute atomic E-state index is 11.4. The Morgan fingerprint density at radius 3 is 2.75 bits per heavy atom. The summed E-state index contributed by atoms with van der Waals surface area (Å²) in [7, 11) is 0. The van der Waals surface area contributed by atoms with Crippen LogP contribution >= 0.6 is 0 Å². The van der Waals surface area contributed by atoms with Gasteiger partial charge in [-0.05, 0) is 25.2 Å². The van der Waals surface area contributed by atoms with Crippen LogP contribution in [0.1, 0.15) is 38.5 Å². The first-order valence-electron chi connectivity index (χ1n) is 5.00. The van der Waals surface area contributed by atoms with E-state index < -0.39 is 0 Å². The van der Waals surface area contributed by atoms with Gasteiger partial charge in [-0.1, -0.05) is 12.8 Å². The molecule has 0 aromatic rings. The number of aliphatic hydroxyl groups excluding tert-OH is 1. The molecule has 2 aliphatic rings. The minimum atomic E-state index is -0.326. The molecule has 0 spiro atoms. The molecule has 0 aromatic carbocycles. The van der Waals surface area contributed by atoms with Gasteiger partial charge in [0.05, 0.1) is 6.10 Å². The predicted molar refractivity (Wildman–Crippen MR) is 45.7 cm³/mol. The van der Waals surface area contributed by atoms with Crippen LogP contribution in [-0.2, 0) is 4.79 Å². The molecule has 0 amide bonds. The van der Waals surface area contributed by atoms with E-state index in [4.69, 9.17) is 0 Å². The first-order valence-corrected chi connectivity index (χ1v) is 5.00. The lowest BCUT2D eigenvalue weighted by Gasteiger charge is -2.19. The molecular formula is C10H16O2. The Hall–Kier alpha value is -0.370. The van der Waals surface area contributed by atoms with Crippen molar-refractivity contribution in [3.05, 3.63) is 0 Å². The van der Waals surface area contributed by atoms with Crippen molar-refractivity contribution in [1.82, 2.24) is 0 Å². The number of aliphatic hydroxyl groups is 1. The summed E-state index contributed by atoms with van der Waals surface area (Å²) < 4.78 is 0. The van der Waals surface area contributed by atoms with Gasteiger partial charge in [0.15, 0.2) is 0 Å². The van der Waals surface area contributed by atoms with Gasteiger partial charge in [0.2, 0.25) is 0 Å². The standard InChI is InChI=1S/C10H16O2/c11-8-4-2-1-3-7-5-6-9(12)10(7)8/h7-8,10-11H,1-6H2/t7-,8-,10+/m0/s1. The molecule has 0 radical (unpaired) electrons. The van der Waals surface area contributed by atoms with Gasteiger partial charge in [0, 0.05) is 12.3 Å². The number of carbonyl (C=O) groups excluding carboxylic acids is 1. The molecule has 2 fully saturated rings. The molecule has 2 saturated carbocycles. The highest BCUT2D eigenvalue weighted by Gasteiger charge is 2.39. The van der Waals surface area contributed by atoms with Gasteiger partial charge in [-0.3, -0.25) is 4.79 Å². The molecule has 2 heteroatoms. The lowest BCUT2D eigenvalue weighted by atomic mass is 9.89. The summed E-state index contributed by atoms with van der Waals surface area (Å²) in [5.74, 6) is 0.830. The van der Waals surface area contributed by atoms with Crippen molar-refractivity contribution in [3.63, 3.8) is 0 Å². The predicted octanol–water partition coefficient (Wildman–Crippen LogP) is 1.52. The van der Waals surface area contributed by atoms with Crippen LogP contribution in [0.5, 0.6) is 0 Å². The SMILES string of the molecule is O=C1CC[C@@H]2CCCC[C@H](O)[C@H]12. The molecular weight excluding hydrogens is 152 g/mol. The van der Waals surface area contributed by atoms with E-state index in [0.29, 0.717) is 18.1 Å². The molecule has 12 heavy (non-hydrogen) atoms. The average molecular weight is 168 g/mol. The highest BCUT2D eigenvalue weighted by Crippen LogP contribution is 2.38. The van der Waals surface area contributed by atoms with Gasteiger partial charge in [0.25, 0.3) is 0 Å². The van der Waals surface area contributed by atoms with Gasteiger partial charge in [0.1, 0.15) is 5.78 Å². The second-order valence-corrected chi connectivity index (χ2v) is 4.14. The topological polar surface area (TPSA) is 37.3 Å². The van der Waals surface area contributed by atoms with Crippen LogP contribution < -0.4 is 0 Å². The van der Waals surface area contributed by atoms with E-state index in [1.807, 2.05) is 0 Å². The third kappa shape index (κ3) is 1.28. The van der Waals surface area contributed by atoms with E-state index in [-0.39, 0.29) is 12.0 Å². The minimum absolute atomic E-state index is 0.00694. The number of Topliss-reactive ketones (excluding diaryl/α,β-unsaturated/α-hetero) is 1. The average Bonchev–Trinajstić information content (AvgIpc) is 2.29. The fraction of sp³-hybridized carbons (Fsp3) is 0.900. The highest BCUT2D eigenvalue weighted by molar-refractivity contribution is 5.84. The maximum atomic E-state index is 11.4. The maximum Gasteiger partial charge on any atom is 0.138 e. The fourth-order valence-corrected chi connectivity index (χ4v) is 2.73. The van der Waals surface area contributed by atoms with Crippen molar-refractivity contribution < 1.29 is 9.90 Å². The number of carbonyl (C=O) groups is 1. The Kier molecular flexibility index (Phi) is 2.18. The van der Waals surface area contributed by atoms with Crippen LogP contribution in [0.4, 0.5) is 0 Å². The van der Waals surface area contributed by atoms with E-state index in [1.54, 1.807) is 0 Å². The van der Waals surface area contributed by atoms with Crippen molar-refractivity contribution in [2.75, 3.05) is 0 Å². The van der Waals surface area contributed by atoms with Crippen LogP contribution in [0.3, 0.4) is 0 Å². The summed E-state index contributed by atoms with van der Waals surface area (Å²) in [6.45, 7) is 0. The van der Waals surface area contributed by atoms with E-state index in [9.17, 15) is 9.90 Å². The quantitative estimate of drug-likeness (QED) is 0.595. The van der Waals surface area contributed by atoms with Crippen molar-refractivity contribution in [2.24, 2.45) is 11.8 Å². The van der Waals surface area contributed by atoms with E-state index in [2.05, 4.69) is 0 Å². The minimum Gasteiger partial charge on any atom is -0.392 e. The summed E-state index contributed by atoms with van der Waals surface area (Å²) in [5, 5.41) is 9.71. The summed E-state index contributed by atoms with van der Waals surface area (Å²) in [5.41, 5.74) is 0. The summed E-state index contributed by atoms with van der Waals surface area (Å²) >= 11 is 0. The van der Waals surface area contributed by atoms with Crippen molar-refractivity contribution in [3.8, 4) is 0 Å². The normalized spacial score (nSPS) is 42.4. The first-order chi connectivity index (χ1) is 5.79. The van der Waals surface area contributed by atoms with Crippen LogP contribution in [0.25, 0.3) is 0 Å². The molecule has 0 saturated heterocycles. The van der Waals surface area contributed by atoms with Crippen molar-refractivity contribution >= 4 is 5.78 Å². The first kappa shape index (κ1) is 8.24. The number of ketones is 1. The Morgan fingerprint density at radius 1 is 1.17 bits per heavy atom. The zero-order valence-corrected chi connectivity index (χ0v) is 7.33.